The number of carbonyl (C=O) groups is 3. The fourth-order valence-electron chi connectivity index (χ4n) is 3.82. The molecule has 1 aromatic carbocycles. The van der Waals surface area contributed by atoms with Crippen molar-refractivity contribution in [2.24, 2.45) is 0 Å². The Morgan fingerprint density at radius 2 is 1.87 bits per heavy atom. The van der Waals surface area contributed by atoms with E-state index in [2.05, 4.69) is 0 Å². The predicted octanol–water partition coefficient (Wildman–Crippen LogP) is 3.10. The van der Waals surface area contributed by atoms with E-state index < -0.39 is 53.9 Å². The van der Waals surface area contributed by atoms with Gasteiger partial charge in [-0.2, -0.15) is 22.4 Å². The van der Waals surface area contributed by atoms with Crippen molar-refractivity contribution in [3.63, 3.8) is 0 Å². The van der Waals surface area contributed by atoms with Crippen LogP contribution in [0.5, 0.6) is 0 Å². The first kappa shape index (κ1) is 25.0. The smallest absolute Gasteiger partial charge is 0.435 e. The van der Waals surface area contributed by atoms with Gasteiger partial charge in [-0.05, 0) is 25.3 Å². The zero-order valence-electron chi connectivity index (χ0n) is 16.8. The number of nitrogens with zero attached hydrogens (tertiary/aromatic N) is 1. The van der Waals surface area contributed by atoms with Gasteiger partial charge in [0.2, 0.25) is 7.37 Å². The van der Waals surface area contributed by atoms with E-state index >= 15 is 0 Å². The summed E-state index contributed by atoms with van der Waals surface area (Å²) in [5, 5.41) is 11.1. The highest BCUT2D eigenvalue weighted by Crippen LogP contribution is 2.48. The number of benzene rings is 1. The number of aryl methyl sites for hydroxylation is 1. The van der Waals surface area contributed by atoms with Crippen molar-refractivity contribution < 1.29 is 46.6 Å². The Labute approximate surface area is 177 Å². The van der Waals surface area contributed by atoms with E-state index in [1.165, 1.54) is 12.2 Å². The molecular formula is C19H25F3N2O6P+. The summed E-state index contributed by atoms with van der Waals surface area (Å²) in [4.78, 5) is 46.6. The van der Waals surface area contributed by atoms with Gasteiger partial charge in [0.15, 0.2) is 0 Å². The van der Waals surface area contributed by atoms with E-state index in [1.54, 1.807) is 30.3 Å². The van der Waals surface area contributed by atoms with Gasteiger partial charge in [-0.25, -0.2) is 4.79 Å². The maximum Gasteiger partial charge on any atom is 0.521 e. The molecule has 3 amide bonds. The standard InChI is InChI=1S/C19H24F3N2O6P/c1-13-6-5-11-24(13,18(27)28)16(25)12-31(29,30)15(23-17(26)19(20,21)22)10-9-14-7-3-2-4-8-14/h2-4,7-8,13,15H,5-6,9-12H2,1H3,(H2-,23,26,27,28,29,30)/p+1/t13-,15?,24?/m1/s1. The Balaban J connectivity index is 2.27. The van der Waals surface area contributed by atoms with E-state index in [-0.39, 0.29) is 19.4 Å². The highest BCUT2D eigenvalue weighted by atomic mass is 31.2. The Kier molecular flexibility index (Phi) is 7.67. The van der Waals surface area contributed by atoms with Crippen molar-refractivity contribution in [1.29, 1.82) is 0 Å². The molecule has 1 fully saturated rings. The number of hydrogen-bond acceptors (Lipinski definition) is 4. The topological polar surface area (TPSA) is 121 Å². The zero-order chi connectivity index (χ0) is 23.4. The zero-order valence-corrected chi connectivity index (χ0v) is 17.7. The van der Waals surface area contributed by atoms with Crippen molar-refractivity contribution in [2.75, 3.05) is 12.7 Å². The van der Waals surface area contributed by atoms with E-state index in [4.69, 9.17) is 0 Å². The third kappa shape index (κ3) is 5.72. The molecule has 1 saturated heterocycles. The number of imide groups is 1. The third-order valence-corrected chi connectivity index (χ3v) is 7.71. The van der Waals surface area contributed by atoms with Crippen LogP contribution in [0.3, 0.4) is 0 Å². The molecule has 2 rings (SSSR count). The van der Waals surface area contributed by atoms with Gasteiger partial charge in [0.05, 0.1) is 6.54 Å². The Bertz CT molecular complexity index is 879. The van der Waals surface area contributed by atoms with Gasteiger partial charge < -0.3 is 15.3 Å². The van der Waals surface area contributed by atoms with Crippen LogP contribution in [0.4, 0.5) is 18.0 Å². The van der Waals surface area contributed by atoms with Gasteiger partial charge in [-0.15, -0.1) is 0 Å². The molecule has 1 heterocycles. The molecule has 0 spiro atoms. The maximum absolute atomic E-state index is 13.0. The van der Waals surface area contributed by atoms with Crippen LogP contribution < -0.4 is 5.32 Å². The Hall–Kier alpha value is -2.23. The van der Waals surface area contributed by atoms with Gasteiger partial charge >= 0.3 is 24.1 Å². The van der Waals surface area contributed by atoms with E-state index in [9.17, 15) is 42.1 Å². The second kappa shape index (κ2) is 9.50. The van der Waals surface area contributed by atoms with Crippen LogP contribution in [0.1, 0.15) is 31.7 Å². The second-order valence-corrected chi connectivity index (χ2v) is 10.1. The third-order valence-electron chi connectivity index (χ3n) is 5.62. The quantitative estimate of drug-likeness (QED) is 0.420. The van der Waals surface area contributed by atoms with Crippen molar-refractivity contribution in [2.45, 2.75) is 50.6 Å². The van der Waals surface area contributed by atoms with Gasteiger partial charge in [-0.1, -0.05) is 30.3 Å². The van der Waals surface area contributed by atoms with Gasteiger partial charge in [0.1, 0.15) is 18.0 Å². The lowest BCUT2D eigenvalue weighted by molar-refractivity contribution is -0.791. The number of amides is 3. The van der Waals surface area contributed by atoms with Crippen molar-refractivity contribution >= 4 is 25.3 Å². The molecule has 8 nitrogen and oxygen atoms in total. The second-order valence-electron chi connectivity index (χ2n) is 7.69. The monoisotopic (exact) mass is 465 g/mol. The van der Waals surface area contributed by atoms with E-state index in [0.29, 0.717) is 18.4 Å². The van der Waals surface area contributed by atoms with Crippen LogP contribution in [-0.2, 0) is 20.6 Å². The number of nitrogens with one attached hydrogen (secondary N) is 1. The molecule has 3 unspecified atom stereocenters. The number of likely N-dealkylation sites (tertiary alicyclic amines) is 1. The van der Waals surface area contributed by atoms with Crippen LogP contribution in [0, 0.1) is 0 Å². The molecule has 1 aliphatic rings. The number of quaternary nitrogens is 1. The average molecular weight is 465 g/mol. The summed E-state index contributed by atoms with van der Waals surface area (Å²) in [6.07, 6.45) is -7.36. The molecule has 0 bridgehead atoms. The Morgan fingerprint density at radius 1 is 1.26 bits per heavy atom. The van der Waals surface area contributed by atoms with Gasteiger partial charge in [0, 0.05) is 12.8 Å². The number of hydrogen-bond donors (Lipinski definition) is 3. The number of alkyl halides is 3. The first-order valence-electron chi connectivity index (χ1n) is 9.68. The number of halogens is 3. The lowest BCUT2D eigenvalue weighted by Crippen LogP contribution is -2.59. The number of carboxylic acid groups (broad SMARTS) is 1. The molecule has 4 atom stereocenters. The van der Waals surface area contributed by atoms with Crippen LogP contribution >= 0.6 is 7.37 Å². The molecule has 1 aliphatic heterocycles. The minimum Gasteiger partial charge on any atom is -0.435 e. The van der Waals surface area contributed by atoms with E-state index in [1.807, 2.05) is 0 Å². The molecule has 0 saturated carbocycles. The summed E-state index contributed by atoms with van der Waals surface area (Å²) in [5.74, 6) is -5.32. The van der Waals surface area contributed by atoms with Crippen molar-refractivity contribution in [1.82, 2.24) is 5.32 Å². The SMILES string of the molecule is C[C@@H]1CCC[N+]1(C(=O)O)C(=O)CP(=O)(O)C(CCc1ccccc1)NC(=O)C(F)(F)F. The van der Waals surface area contributed by atoms with Crippen LogP contribution in [-0.4, -0.2) is 63.1 Å². The molecular weight excluding hydrogens is 440 g/mol. The van der Waals surface area contributed by atoms with Gasteiger partial charge in [0.25, 0.3) is 0 Å². The van der Waals surface area contributed by atoms with Crippen molar-refractivity contribution in [3.8, 4) is 0 Å². The first-order valence-corrected chi connectivity index (χ1v) is 11.6. The first-order chi connectivity index (χ1) is 14.3. The minimum absolute atomic E-state index is 0.0672. The number of carbonyl (C=O) groups excluding carboxylic acids is 2. The fourth-order valence-corrected chi connectivity index (χ4v) is 5.54. The van der Waals surface area contributed by atoms with Crippen LogP contribution in [0.15, 0.2) is 30.3 Å². The predicted molar refractivity (Wildman–Crippen MR) is 104 cm³/mol. The molecule has 0 aliphatic carbocycles. The van der Waals surface area contributed by atoms with Crippen molar-refractivity contribution in [3.05, 3.63) is 35.9 Å². The average Bonchev–Trinajstić information content (AvgIpc) is 3.07. The molecule has 0 aromatic heterocycles. The fraction of sp³-hybridized carbons (Fsp3) is 0.526. The molecule has 1 aromatic rings. The summed E-state index contributed by atoms with van der Waals surface area (Å²) in [5.41, 5.74) is 0.655. The normalized spacial score (nSPS) is 24.2. The molecule has 12 heteroatoms. The number of rotatable bonds is 7. The summed E-state index contributed by atoms with van der Waals surface area (Å²) in [6, 6.07) is 7.75. The summed E-state index contributed by atoms with van der Waals surface area (Å²) >= 11 is 0. The summed E-state index contributed by atoms with van der Waals surface area (Å²) in [7, 11) is -4.74. The summed E-state index contributed by atoms with van der Waals surface area (Å²) < 4.78 is 50.2. The highest BCUT2D eigenvalue weighted by Gasteiger charge is 2.55. The van der Waals surface area contributed by atoms with Crippen LogP contribution in [0.2, 0.25) is 0 Å². The van der Waals surface area contributed by atoms with Gasteiger partial charge in [-0.3, -0.25) is 9.36 Å². The molecule has 3 N–H and O–H groups in total. The lowest BCUT2D eigenvalue weighted by atomic mass is 10.1. The van der Waals surface area contributed by atoms with Crippen LogP contribution in [0.25, 0.3) is 0 Å². The molecule has 0 radical (unpaired) electrons. The summed E-state index contributed by atoms with van der Waals surface area (Å²) in [6.45, 7) is 1.46. The van der Waals surface area contributed by atoms with E-state index in [0.717, 1.165) is 0 Å². The molecule has 31 heavy (non-hydrogen) atoms. The lowest BCUT2D eigenvalue weighted by Gasteiger charge is -2.31. The molecule has 172 valence electrons. The maximum atomic E-state index is 13.0. The highest BCUT2D eigenvalue weighted by molar-refractivity contribution is 7.59. The Morgan fingerprint density at radius 3 is 2.35 bits per heavy atom. The largest absolute Gasteiger partial charge is 0.521 e. The minimum atomic E-state index is -5.28.